The number of rotatable bonds is 2. The van der Waals surface area contributed by atoms with Crippen molar-refractivity contribution >= 4 is 17.2 Å². The van der Waals surface area contributed by atoms with Gasteiger partial charge in [0.25, 0.3) is 0 Å². The fourth-order valence-electron chi connectivity index (χ4n) is 2.11. The van der Waals surface area contributed by atoms with Crippen LogP contribution in [0, 0.1) is 0 Å². The molecule has 5 heteroatoms. The normalized spacial score (nSPS) is 17.1. The molecule has 2 aromatic heterocycles. The smallest absolute Gasteiger partial charge is 0.151 e. The number of hydrogen-bond donors (Lipinski definition) is 2. The van der Waals surface area contributed by atoms with Crippen molar-refractivity contribution in [3.63, 3.8) is 0 Å². The molecule has 1 aliphatic rings. The lowest BCUT2D eigenvalue weighted by atomic mass is 10.2. The molecule has 3 rings (SSSR count). The molecule has 0 radical (unpaired) electrons. The molecule has 0 saturated carbocycles. The van der Waals surface area contributed by atoms with E-state index in [0.29, 0.717) is 0 Å². The topological polar surface area (TPSA) is 44.0 Å². The van der Waals surface area contributed by atoms with Crippen molar-refractivity contribution in [2.75, 3.05) is 31.1 Å². The van der Waals surface area contributed by atoms with Crippen LogP contribution in [0.4, 0.5) is 5.82 Å². The Hall–Kier alpha value is -1.33. The molecule has 90 valence electrons. The molecule has 0 aromatic carbocycles. The standard InChI is InChI=1S/C12H16N4S/c1-3-13-4-6-16(5-1)12-8-11(14-15-12)10-2-7-17-9-10/h2,7-9,13H,1,3-6H2,(H,14,15). The van der Waals surface area contributed by atoms with Crippen LogP contribution in [0.15, 0.2) is 22.9 Å². The molecule has 0 aliphatic carbocycles. The first-order valence-electron chi connectivity index (χ1n) is 5.97. The minimum atomic E-state index is 1.04. The molecule has 0 amide bonds. The summed E-state index contributed by atoms with van der Waals surface area (Å²) < 4.78 is 0. The Morgan fingerprint density at radius 3 is 3.18 bits per heavy atom. The molecule has 0 atom stereocenters. The van der Waals surface area contributed by atoms with E-state index in [1.54, 1.807) is 11.3 Å². The molecule has 1 fully saturated rings. The summed E-state index contributed by atoms with van der Waals surface area (Å²) in [6, 6.07) is 4.26. The highest BCUT2D eigenvalue weighted by molar-refractivity contribution is 7.08. The Labute approximate surface area is 105 Å². The van der Waals surface area contributed by atoms with Gasteiger partial charge < -0.3 is 10.2 Å². The van der Waals surface area contributed by atoms with Crippen LogP contribution in [0.5, 0.6) is 0 Å². The zero-order chi connectivity index (χ0) is 11.5. The Bertz CT molecular complexity index is 455. The second-order valence-corrected chi connectivity index (χ2v) is 5.02. The van der Waals surface area contributed by atoms with Gasteiger partial charge in [0.05, 0.1) is 5.69 Å². The SMILES string of the molecule is c1cc(-c2cc(N3CCCNCC3)n[nH]2)cs1. The van der Waals surface area contributed by atoms with Crippen molar-refractivity contribution in [1.29, 1.82) is 0 Å². The molecule has 3 heterocycles. The van der Waals surface area contributed by atoms with Crippen molar-refractivity contribution < 1.29 is 0 Å². The number of aromatic nitrogens is 2. The summed E-state index contributed by atoms with van der Waals surface area (Å²) in [6.07, 6.45) is 1.18. The molecule has 0 spiro atoms. The zero-order valence-electron chi connectivity index (χ0n) is 9.65. The van der Waals surface area contributed by atoms with Crippen LogP contribution in [0.3, 0.4) is 0 Å². The Morgan fingerprint density at radius 2 is 2.29 bits per heavy atom. The Morgan fingerprint density at radius 1 is 1.29 bits per heavy atom. The average molecular weight is 248 g/mol. The van der Waals surface area contributed by atoms with Crippen molar-refractivity contribution in [3.8, 4) is 11.3 Å². The maximum atomic E-state index is 4.42. The van der Waals surface area contributed by atoms with E-state index in [4.69, 9.17) is 0 Å². The Kier molecular flexibility index (Phi) is 3.11. The first-order chi connectivity index (χ1) is 8.43. The molecule has 1 aliphatic heterocycles. The van der Waals surface area contributed by atoms with Gasteiger partial charge in [-0.3, -0.25) is 5.10 Å². The van der Waals surface area contributed by atoms with E-state index in [2.05, 4.69) is 43.3 Å². The fraction of sp³-hybridized carbons (Fsp3) is 0.417. The van der Waals surface area contributed by atoms with Crippen LogP contribution < -0.4 is 10.2 Å². The van der Waals surface area contributed by atoms with Crippen molar-refractivity contribution in [2.24, 2.45) is 0 Å². The van der Waals surface area contributed by atoms with Crippen LogP contribution in [0.25, 0.3) is 11.3 Å². The summed E-state index contributed by atoms with van der Waals surface area (Å²) >= 11 is 1.71. The van der Waals surface area contributed by atoms with E-state index >= 15 is 0 Å². The van der Waals surface area contributed by atoms with E-state index < -0.39 is 0 Å². The zero-order valence-corrected chi connectivity index (χ0v) is 10.5. The van der Waals surface area contributed by atoms with Gasteiger partial charge in [0.2, 0.25) is 0 Å². The van der Waals surface area contributed by atoms with Gasteiger partial charge in [-0.1, -0.05) is 0 Å². The van der Waals surface area contributed by atoms with Crippen LogP contribution in [0.2, 0.25) is 0 Å². The summed E-state index contributed by atoms with van der Waals surface area (Å²) in [5.41, 5.74) is 2.33. The van der Waals surface area contributed by atoms with Gasteiger partial charge in [-0.15, -0.1) is 0 Å². The number of nitrogens with one attached hydrogen (secondary N) is 2. The molecule has 0 unspecified atom stereocenters. The quantitative estimate of drug-likeness (QED) is 0.853. The van der Waals surface area contributed by atoms with Gasteiger partial charge in [-0.05, 0) is 24.4 Å². The predicted molar refractivity (Wildman–Crippen MR) is 71.6 cm³/mol. The van der Waals surface area contributed by atoms with Crippen LogP contribution in [-0.4, -0.2) is 36.4 Å². The summed E-state index contributed by atoms with van der Waals surface area (Å²) in [5.74, 6) is 1.06. The van der Waals surface area contributed by atoms with Crippen LogP contribution in [-0.2, 0) is 0 Å². The highest BCUT2D eigenvalue weighted by atomic mass is 32.1. The largest absolute Gasteiger partial charge is 0.354 e. The summed E-state index contributed by atoms with van der Waals surface area (Å²) in [7, 11) is 0. The molecule has 1 saturated heterocycles. The lowest BCUT2D eigenvalue weighted by molar-refractivity contribution is 0.724. The number of thiophene rings is 1. The summed E-state index contributed by atoms with van der Waals surface area (Å²) in [6.45, 7) is 4.27. The maximum absolute atomic E-state index is 4.42. The minimum Gasteiger partial charge on any atom is -0.354 e. The predicted octanol–water partition coefficient (Wildman–Crippen LogP) is 1.94. The van der Waals surface area contributed by atoms with Gasteiger partial charge in [0.1, 0.15) is 0 Å². The number of nitrogens with zero attached hydrogens (tertiary/aromatic N) is 2. The third kappa shape index (κ3) is 2.35. The van der Waals surface area contributed by atoms with Gasteiger partial charge in [0.15, 0.2) is 5.82 Å². The molecule has 2 aromatic rings. The number of H-pyrrole nitrogens is 1. The molecular weight excluding hydrogens is 232 g/mol. The molecule has 2 N–H and O–H groups in total. The second kappa shape index (κ2) is 4.89. The lowest BCUT2D eigenvalue weighted by Gasteiger charge is -2.18. The highest BCUT2D eigenvalue weighted by Crippen LogP contribution is 2.23. The van der Waals surface area contributed by atoms with Gasteiger partial charge in [0, 0.05) is 36.6 Å². The van der Waals surface area contributed by atoms with Crippen LogP contribution in [0.1, 0.15) is 6.42 Å². The molecule has 0 bridgehead atoms. The highest BCUT2D eigenvalue weighted by Gasteiger charge is 2.13. The summed E-state index contributed by atoms with van der Waals surface area (Å²) in [4.78, 5) is 2.34. The van der Waals surface area contributed by atoms with E-state index in [-0.39, 0.29) is 0 Å². The van der Waals surface area contributed by atoms with Gasteiger partial charge >= 0.3 is 0 Å². The monoisotopic (exact) mass is 248 g/mol. The van der Waals surface area contributed by atoms with Crippen LogP contribution >= 0.6 is 11.3 Å². The van der Waals surface area contributed by atoms with E-state index in [1.165, 1.54) is 12.0 Å². The molecular formula is C12H16N4S. The van der Waals surface area contributed by atoms with Crippen molar-refractivity contribution in [2.45, 2.75) is 6.42 Å². The third-order valence-electron chi connectivity index (χ3n) is 3.06. The molecule has 4 nitrogen and oxygen atoms in total. The molecule has 17 heavy (non-hydrogen) atoms. The third-order valence-corrected chi connectivity index (χ3v) is 3.74. The maximum Gasteiger partial charge on any atom is 0.151 e. The second-order valence-electron chi connectivity index (χ2n) is 4.24. The van der Waals surface area contributed by atoms with E-state index in [0.717, 1.165) is 37.7 Å². The summed E-state index contributed by atoms with van der Waals surface area (Å²) in [5, 5.41) is 15.2. The Balaban J connectivity index is 1.79. The number of anilines is 1. The van der Waals surface area contributed by atoms with E-state index in [1.807, 2.05) is 0 Å². The van der Waals surface area contributed by atoms with Gasteiger partial charge in [-0.25, -0.2) is 0 Å². The van der Waals surface area contributed by atoms with E-state index in [9.17, 15) is 0 Å². The fourth-order valence-corrected chi connectivity index (χ4v) is 2.77. The minimum absolute atomic E-state index is 1.04. The number of hydrogen-bond acceptors (Lipinski definition) is 4. The van der Waals surface area contributed by atoms with Crippen molar-refractivity contribution in [1.82, 2.24) is 15.5 Å². The number of aromatic amines is 1. The average Bonchev–Trinajstić information content (AvgIpc) is 2.95. The first kappa shape index (κ1) is 10.8. The lowest BCUT2D eigenvalue weighted by Crippen LogP contribution is -2.28. The van der Waals surface area contributed by atoms with Gasteiger partial charge in [-0.2, -0.15) is 16.4 Å². The first-order valence-corrected chi connectivity index (χ1v) is 6.91. The van der Waals surface area contributed by atoms with Crippen molar-refractivity contribution in [3.05, 3.63) is 22.9 Å².